The maximum absolute atomic E-state index is 12.4. The maximum atomic E-state index is 12.4. The molecule has 0 saturated heterocycles. The molecular formula is C22H21N3O4. The van der Waals surface area contributed by atoms with E-state index in [9.17, 15) is 19.8 Å². The summed E-state index contributed by atoms with van der Waals surface area (Å²) in [6.45, 7) is 0. The number of hydrogen-bond donors (Lipinski definition) is 5. The van der Waals surface area contributed by atoms with Gasteiger partial charge in [-0.05, 0) is 41.8 Å². The molecule has 7 nitrogen and oxygen atoms in total. The Bertz CT molecular complexity index is 1190. The Morgan fingerprint density at radius 3 is 2.48 bits per heavy atom. The summed E-state index contributed by atoms with van der Waals surface area (Å²) in [6, 6.07) is 11.7. The lowest BCUT2D eigenvalue weighted by atomic mass is 10.0. The highest BCUT2D eigenvalue weighted by atomic mass is 16.4. The molecule has 0 spiro atoms. The van der Waals surface area contributed by atoms with Crippen molar-refractivity contribution < 1.29 is 19.8 Å². The highest BCUT2D eigenvalue weighted by molar-refractivity contribution is 5.88. The third-order valence-electron chi connectivity index (χ3n) is 5.10. The van der Waals surface area contributed by atoms with Crippen molar-refractivity contribution in [3.8, 4) is 5.75 Å². The van der Waals surface area contributed by atoms with Crippen LogP contribution in [0.5, 0.6) is 5.75 Å². The van der Waals surface area contributed by atoms with Gasteiger partial charge in [-0.25, -0.2) is 4.79 Å². The largest absolute Gasteiger partial charge is 0.508 e. The summed E-state index contributed by atoms with van der Waals surface area (Å²) in [4.78, 5) is 30.3. The lowest BCUT2D eigenvalue weighted by Gasteiger charge is -2.14. The third-order valence-corrected chi connectivity index (χ3v) is 5.10. The van der Waals surface area contributed by atoms with Gasteiger partial charge in [0, 0.05) is 47.0 Å². The van der Waals surface area contributed by atoms with Gasteiger partial charge in [0.2, 0.25) is 5.91 Å². The smallest absolute Gasteiger partial charge is 0.326 e. The Balaban J connectivity index is 1.43. The average Bonchev–Trinajstić information content (AvgIpc) is 3.29. The van der Waals surface area contributed by atoms with Gasteiger partial charge in [0.15, 0.2) is 0 Å². The van der Waals surface area contributed by atoms with Gasteiger partial charge in [-0.15, -0.1) is 0 Å². The van der Waals surface area contributed by atoms with E-state index in [1.165, 1.54) is 0 Å². The van der Waals surface area contributed by atoms with Crippen molar-refractivity contribution >= 4 is 33.7 Å². The van der Waals surface area contributed by atoms with Crippen molar-refractivity contribution in [2.75, 3.05) is 0 Å². The predicted molar refractivity (Wildman–Crippen MR) is 110 cm³/mol. The second-order valence-electron chi connectivity index (χ2n) is 7.07. The number of amides is 1. The zero-order valence-corrected chi connectivity index (χ0v) is 15.6. The Morgan fingerprint density at radius 1 is 0.966 bits per heavy atom. The Hall–Kier alpha value is -3.74. The number of aromatic hydroxyl groups is 1. The monoisotopic (exact) mass is 391 g/mol. The van der Waals surface area contributed by atoms with Crippen LogP contribution in [-0.2, 0) is 22.4 Å². The molecule has 5 N–H and O–H groups in total. The molecule has 148 valence electrons. The summed E-state index contributed by atoms with van der Waals surface area (Å²) < 4.78 is 0. The van der Waals surface area contributed by atoms with Crippen LogP contribution in [0.4, 0.5) is 0 Å². The SMILES string of the molecule is O=C(CCc1c[nH]c2ccccc12)N[C@@H](Cc1c[nH]c2ccc(O)cc12)C(=O)O. The number of aryl methyl sites for hydroxylation is 1. The van der Waals surface area contributed by atoms with E-state index < -0.39 is 12.0 Å². The molecule has 0 aliphatic heterocycles. The molecule has 1 atom stereocenters. The van der Waals surface area contributed by atoms with Crippen molar-refractivity contribution in [3.05, 3.63) is 66.0 Å². The van der Waals surface area contributed by atoms with Crippen molar-refractivity contribution in [2.45, 2.75) is 25.3 Å². The maximum Gasteiger partial charge on any atom is 0.326 e. The zero-order chi connectivity index (χ0) is 20.4. The number of phenols is 1. The molecule has 0 radical (unpaired) electrons. The van der Waals surface area contributed by atoms with Gasteiger partial charge >= 0.3 is 5.97 Å². The van der Waals surface area contributed by atoms with Crippen LogP contribution >= 0.6 is 0 Å². The number of para-hydroxylation sites is 1. The Kier molecular flexibility index (Phi) is 4.95. The first-order valence-electron chi connectivity index (χ1n) is 9.37. The predicted octanol–water partition coefficient (Wildman–Crippen LogP) is 3.10. The van der Waals surface area contributed by atoms with Gasteiger partial charge in [-0.1, -0.05) is 18.2 Å². The molecule has 0 bridgehead atoms. The van der Waals surface area contributed by atoms with Gasteiger partial charge in [0.05, 0.1) is 0 Å². The van der Waals surface area contributed by atoms with Gasteiger partial charge in [0.1, 0.15) is 11.8 Å². The topological polar surface area (TPSA) is 118 Å². The lowest BCUT2D eigenvalue weighted by molar-refractivity contribution is -0.141. The van der Waals surface area contributed by atoms with E-state index in [0.29, 0.717) is 6.42 Å². The number of phenolic OH excluding ortho intramolecular Hbond substituents is 1. The van der Waals surface area contributed by atoms with Crippen LogP contribution in [0.15, 0.2) is 54.9 Å². The number of carbonyl (C=O) groups is 2. The minimum Gasteiger partial charge on any atom is -0.508 e. The molecule has 4 rings (SSSR count). The number of hydrogen-bond acceptors (Lipinski definition) is 3. The summed E-state index contributed by atoms with van der Waals surface area (Å²) in [5.74, 6) is -1.31. The number of carboxylic acids is 1. The first-order valence-corrected chi connectivity index (χ1v) is 9.37. The second kappa shape index (κ2) is 7.71. The fraction of sp³-hybridized carbons (Fsp3) is 0.182. The van der Waals surface area contributed by atoms with Crippen LogP contribution in [0.3, 0.4) is 0 Å². The minimum atomic E-state index is -1.10. The molecule has 4 aromatic rings. The molecule has 2 heterocycles. The van der Waals surface area contributed by atoms with Crippen LogP contribution in [0, 0.1) is 0 Å². The molecule has 0 unspecified atom stereocenters. The van der Waals surface area contributed by atoms with Crippen LogP contribution < -0.4 is 5.32 Å². The summed E-state index contributed by atoms with van der Waals surface area (Å²) in [5, 5.41) is 23.7. The molecular weight excluding hydrogens is 370 g/mol. The van der Waals surface area contributed by atoms with E-state index in [1.54, 1.807) is 24.4 Å². The molecule has 0 fully saturated rings. The molecule has 2 aromatic heterocycles. The van der Waals surface area contributed by atoms with Crippen molar-refractivity contribution in [1.82, 2.24) is 15.3 Å². The zero-order valence-electron chi connectivity index (χ0n) is 15.6. The van der Waals surface area contributed by atoms with Crippen molar-refractivity contribution in [3.63, 3.8) is 0 Å². The van der Waals surface area contributed by atoms with Crippen molar-refractivity contribution in [1.29, 1.82) is 0 Å². The van der Waals surface area contributed by atoms with E-state index in [0.717, 1.165) is 32.9 Å². The van der Waals surface area contributed by atoms with Crippen molar-refractivity contribution in [2.24, 2.45) is 0 Å². The van der Waals surface area contributed by atoms with Gasteiger partial charge in [-0.2, -0.15) is 0 Å². The average molecular weight is 391 g/mol. The van der Waals surface area contributed by atoms with Crippen LogP contribution in [0.25, 0.3) is 21.8 Å². The summed E-state index contributed by atoms with van der Waals surface area (Å²) in [5.41, 5.74) is 3.55. The first kappa shape index (κ1) is 18.6. The Labute approximate surface area is 166 Å². The first-order chi connectivity index (χ1) is 14.0. The third kappa shape index (κ3) is 3.94. The van der Waals surface area contributed by atoms with Crippen LogP contribution in [0.2, 0.25) is 0 Å². The molecule has 0 aliphatic carbocycles. The fourth-order valence-electron chi connectivity index (χ4n) is 3.61. The summed E-state index contributed by atoms with van der Waals surface area (Å²) in [7, 11) is 0. The summed E-state index contributed by atoms with van der Waals surface area (Å²) >= 11 is 0. The number of fused-ring (bicyclic) bond motifs is 2. The normalized spacial score (nSPS) is 12.3. The van der Waals surface area contributed by atoms with Gasteiger partial charge in [-0.3, -0.25) is 4.79 Å². The van der Waals surface area contributed by atoms with Gasteiger partial charge in [0.25, 0.3) is 0 Å². The van der Waals surface area contributed by atoms with E-state index >= 15 is 0 Å². The molecule has 2 aromatic carbocycles. The van der Waals surface area contributed by atoms with E-state index in [1.807, 2.05) is 30.5 Å². The molecule has 0 saturated carbocycles. The number of carbonyl (C=O) groups excluding carboxylic acids is 1. The summed E-state index contributed by atoms with van der Waals surface area (Å²) in [6.07, 6.45) is 4.42. The standard InChI is InChI=1S/C22H21N3O4/c26-15-6-7-19-17(10-15)14(12-24-19)9-20(22(28)29)25-21(27)8-5-13-11-23-18-4-2-1-3-16(13)18/h1-4,6-7,10-12,20,23-24,26H,5,8-9H2,(H,25,27)(H,28,29)/t20-/m0/s1. The number of carboxylic acid groups (broad SMARTS) is 1. The number of H-pyrrole nitrogens is 2. The molecule has 29 heavy (non-hydrogen) atoms. The molecule has 7 heteroatoms. The van der Waals surface area contributed by atoms with E-state index in [2.05, 4.69) is 15.3 Å². The lowest BCUT2D eigenvalue weighted by Crippen LogP contribution is -2.42. The highest BCUT2D eigenvalue weighted by Gasteiger charge is 2.22. The van der Waals surface area contributed by atoms with Crippen LogP contribution in [-0.4, -0.2) is 38.1 Å². The number of rotatable bonds is 7. The Morgan fingerprint density at radius 2 is 1.69 bits per heavy atom. The second-order valence-corrected chi connectivity index (χ2v) is 7.07. The molecule has 0 aliphatic rings. The van der Waals surface area contributed by atoms with Crippen LogP contribution in [0.1, 0.15) is 17.5 Å². The van der Waals surface area contributed by atoms with E-state index in [4.69, 9.17) is 0 Å². The highest BCUT2D eigenvalue weighted by Crippen LogP contribution is 2.24. The molecule has 1 amide bonds. The minimum absolute atomic E-state index is 0.105. The van der Waals surface area contributed by atoms with E-state index in [-0.39, 0.29) is 24.5 Å². The number of nitrogens with one attached hydrogen (secondary N) is 3. The number of aromatic nitrogens is 2. The quantitative estimate of drug-likeness (QED) is 0.333. The number of aromatic amines is 2. The fourth-order valence-corrected chi connectivity index (χ4v) is 3.61. The number of aliphatic carboxylic acids is 1. The number of benzene rings is 2. The van der Waals surface area contributed by atoms with Gasteiger partial charge < -0.3 is 25.5 Å².